The van der Waals surface area contributed by atoms with Crippen molar-refractivity contribution in [2.45, 2.75) is 124 Å². The summed E-state index contributed by atoms with van der Waals surface area (Å²) in [6.07, 6.45) is 18.0. The summed E-state index contributed by atoms with van der Waals surface area (Å²) in [7, 11) is 1.58. The first-order chi connectivity index (χ1) is 15.6. The lowest BCUT2D eigenvalue weighted by Crippen LogP contribution is -2.19. The minimum Gasteiger partial charge on any atom is -0.465 e. The smallest absolute Gasteiger partial charge is 0.310 e. The van der Waals surface area contributed by atoms with Crippen LogP contribution in [0.3, 0.4) is 0 Å². The van der Waals surface area contributed by atoms with E-state index >= 15 is 0 Å². The maximum Gasteiger partial charge on any atom is 0.310 e. The fourth-order valence-corrected chi connectivity index (χ4v) is 3.85. The Kier molecular flexibility index (Phi) is 22.3. The van der Waals surface area contributed by atoms with E-state index in [0.717, 1.165) is 51.4 Å². The van der Waals surface area contributed by atoms with E-state index in [1.165, 1.54) is 51.4 Å². The molecule has 0 radical (unpaired) electrons. The summed E-state index contributed by atoms with van der Waals surface area (Å²) in [5.74, 6) is -0.329. The van der Waals surface area contributed by atoms with Gasteiger partial charge in [0.25, 0.3) is 0 Å². The molecule has 0 bridgehead atoms. The molecule has 32 heavy (non-hydrogen) atoms. The fraction of sp³-hybridized carbons (Fsp3) is 0.926. The summed E-state index contributed by atoms with van der Waals surface area (Å²) in [5.41, 5.74) is 0. The van der Waals surface area contributed by atoms with Gasteiger partial charge in [-0.3, -0.25) is 9.59 Å². The summed E-state index contributed by atoms with van der Waals surface area (Å²) in [6, 6.07) is 0. The molecule has 190 valence electrons. The quantitative estimate of drug-likeness (QED) is 0.120. The Hall–Kier alpha value is -1.10. The monoisotopic (exact) mass is 456 g/mol. The van der Waals surface area contributed by atoms with Crippen molar-refractivity contribution >= 4 is 11.9 Å². The van der Waals surface area contributed by atoms with Crippen LogP contribution in [0.4, 0.5) is 0 Å². The van der Waals surface area contributed by atoms with Gasteiger partial charge in [0, 0.05) is 7.11 Å². The minimum absolute atomic E-state index is 0.0103. The molecule has 5 heteroatoms. The average molecular weight is 457 g/mol. The number of rotatable bonds is 23. The summed E-state index contributed by atoms with van der Waals surface area (Å²) in [5, 5.41) is 0. The molecule has 0 heterocycles. The van der Waals surface area contributed by atoms with Crippen molar-refractivity contribution < 1.29 is 23.8 Å². The standard InChI is InChI=1S/C27H52O5/c1-5-7-9-11-12-16-20-25(19-15-10-8-6-2)27(29)32-22-18-14-13-17-21-31-26(28)24(3)23-30-4/h24-25H,5-23H2,1-4H3. The Balaban J connectivity index is 3.95. The number of ether oxygens (including phenoxy) is 3. The van der Waals surface area contributed by atoms with Crippen molar-refractivity contribution in [1.29, 1.82) is 0 Å². The summed E-state index contributed by atoms with van der Waals surface area (Å²) in [6.45, 7) is 7.61. The van der Waals surface area contributed by atoms with Gasteiger partial charge in [-0.1, -0.05) is 78.1 Å². The third-order valence-corrected chi connectivity index (χ3v) is 5.99. The Morgan fingerprint density at radius 2 is 1.06 bits per heavy atom. The van der Waals surface area contributed by atoms with E-state index in [-0.39, 0.29) is 23.8 Å². The number of esters is 2. The van der Waals surface area contributed by atoms with Crippen LogP contribution in [0.25, 0.3) is 0 Å². The lowest BCUT2D eigenvalue weighted by atomic mass is 9.94. The molecule has 5 nitrogen and oxygen atoms in total. The summed E-state index contributed by atoms with van der Waals surface area (Å²) < 4.78 is 15.8. The topological polar surface area (TPSA) is 61.8 Å². The zero-order valence-electron chi connectivity index (χ0n) is 21.6. The summed E-state index contributed by atoms with van der Waals surface area (Å²) >= 11 is 0. The molecule has 0 N–H and O–H groups in total. The van der Waals surface area contributed by atoms with E-state index in [1.807, 2.05) is 6.92 Å². The Labute approximate surface area is 198 Å². The van der Waals surface area contributed by atoms with Gasteiger partial charge >= 0.3 is 11.9 Å². The number of hydrogen-bond donors (Lipinski definition) is 0. The molecular weight excluding hydrogens is 404 g/mol. The SMILES string of the molecule is CCCCCCCCC(CCCCCC)C(=O)OCCCCCCOC(=O)C(C)COC. The van der Waals surface area contributed by atoms with Crippen LogP contribution in [0.2, 0.25) is 0 Å². The second kappa shape index (κ2) is 23.1. The van der Waals surface area contributed by atoms with Crippen LogP contribution in [0.1, 0.15) is 124 Å². The highest BCUT2D eigenvalue weighted by Crippen LogP contribution is 2.20. The van der Waals surface area contributed by atoms with Crippen LogP contribution < -0.4 is 0 Å². The normalized spacial score (nSPS) is 13.0. The van der Waals surface area contributed by atoms with Gasteiger partial charge in [0.1, 0.15) is 0 Å². The largest absolute Gasteiger partial charge is 0.465 e. The number of methoxy groups -OCH3 is 1. The van der Waals surface area contributed by atoms with Crippen molar-refractivity contribution in [2.75, 3.05) is 26.9 Å². The zero-order chi connectivity index (χ0) is 23.9. The third-order valence-electron chi connectivity index (χ3n) is 5.99. The van der Waals surface area contributed by atoms with Gasteiger partial charge in [-0.15, -0.1) is 0 Å². The molecule has 0 aliphatic heterocycles. The molecule has 0 aromatic heterocycles. The van der Waals surface area contributed by atoms with Gasteiger partial charge in [0.2, 0.25) is 0 Å². The molecule has 0 aliphatic carbocycles. The van der Waals surface area contributed by atoms with Gasteiger partial charge < -0.3 is 14.2 Å². The lowest BCUT2D eigenvalue weighted by Gasteiger charge is -2.16. The predicted octanol–water partition coefficient (Wildman–Crippen LogP) is 7.25. The third kappa shape index (κ3) is 18.5. The van der Waals surface area contributed by atoms with Crippen LogP contribution in [0.5, 0.6) is 0 Å². The molecule has 0 rings (SSSR count). The van der Waals surface area contributed by atoms with Gasteiger partial charge in [0.15, 0.2) is 0 Å². The fourth-order valence-electron chi connectivity index (χ4n) is 3.85. The molecule has 2 unspecified atom stereocenters. The molecular formula is C27H52O5. The summed E-state index contributed by atoms with van der Waals surface area (Å²) in [4.78, 5) is 24.3. The van der Waals surface area contributed by atoms with Crippen LogP contribution in [0, 0.1) is 11.8 Å². The zero-order valence-corrected chi connectivity index (χ0v) is 21.6. The number of carbonyl (C=O) groups excluding carboxylic acids is 2. The molecule has 0 fully saturated rings. The maximum absolute atomic E-state index is 12.6. The van der Waals surface area contributed by atoms with Crippen molar-refractivity contribution in [3.63, 3.8) is 0 Å². The van der Waals surface area contributed by atoms with Crippen molar-refractivity contribution in [1.82, 2.24) is 0 Å². The van der Waals surface area contributed by atoms with E-state index in [9.17, 15) is 9.59 Å². The Bertz CT molecular complexity index is 438. The van der Waals surface area contributed by atoms with Crippen LogP contribution >= 0.6 is 0 Å². The van der Waals surface area contributed by atoms with Crippen molar-refractivity contribution in [3.05, 3.63) is 0 Å². The predicted molar refractivity (Wildman–Crippen MR) is 132 cm³/mol. The Morgan fingerprint density at radius 3 is 1.59 bits per heavy atom. The van der Waals surface area contributed by atoms with Crippen LogP contribution in [-0.4, -0.2) is 38.9 Å². The van der Waals surface area contributed by atoms with Gasteiger partial charge in [-0.25, -0.2) is 0 Å². The van der Waals surface area contributed by atoms with Crippen LogP contribution in [0.15, 0.2) is 0 Å². The number of hydrogen-bond acceptors (Lipinski definition) is 5. The van der Waals surface area contributed by atoms with E-state index < -0.39 is 0 Å². The molecule has 0 aliphatic rings. The number of unbranched alkanes of at least 4 members (excludes halogenated alkanes) is 11. The van der Waals surface area contributed by atoms with Gasteiger partial charge in [-0.05, 0) is 45.4 Å². The van der Waals surface area contributed by atoms with Gasteiger partial charge in [-0.2, -0.15) is 0 Å². The van der Waals surface area contributed by atoms with Gasteiger partial charge in [0.05, 0.1) is 31.7 Å². The van der Waals surface area contributed by atoms with Crippen molar-refractivity contribution in [3.8, 4) is 0 Å². The second-order valence-electron chi connectivity index (χ2n) is 9.21. The van der Waals surface area contributed by atoms with E-state index in [1.54, 1.807) is 7.11 Å². The molecule has 0 spiro atoms. The Morgan fingerprint density at radius 1 is 0.625 bits per heavy atom. The molecule has 0 saturated heterocycles. The minimum atomic E-state index is -0.217. The van der Waals surface area contributed by atoms with Crippen LogP contribution in [-0.2, 0) is 23.8 Å². The average Bonchev–Trinajstić information content (AvgIpc) is 2.79. The van der Waals surface area contributed by atoms with Crippen molar-refractivity contribution in [2.24, 2.45) is 11.8 Å². The molecule has 0 amide bonds. The molecule has 0 saturated carbocycles. The second-order valence-corrected chi connectivity index (χ2v) is 9.21. The lowest BCUT2D eigenvalue weighted by molar-refractivity contribution is -0.150. The first-order valence-electron chi connectivity index (χ1n) is 13.4. The number of carbonyl (C=O) groups is 2. The maximum atomic E-state index is 12.6. The highest BCUT2D eigenvalue weighted by atomic mass is 16.5. The molecule has 0 aromatic rings. The van der Waals surface area contributed by atoms with E-state index in [0.29, 0.717) is 19.8 Å². The van der Waals surface area contributed by atoms with E-state index in [2.05, 4.69) is 13.8 Å². The molecule has 2 atom stereocenters. The highest BCUT2D eigenvalue weighted by molar-refractivity contribution is 5.72. The first-order valence-corrected chi connectivity index (χ1v) is 13.4. The highest BCUT2D eigenvalue weighted by Gasteiger charge is 2.19. The molecule has 0 aromatic carbocycles. The first kappa shape index (κ1) is 30.9. The van der Waals surface area contributed by atoms with E-state index in [4.69, 9.17) is 14.2 Å².